The summed E-state index contributed by atoms with van der Waals surface area (Å²) in [6.45, 7) is 4.16. The number of benzene rings is 1. The fraction of sp³-hybridized carbons (Fsp3) is 0.409. The topological polar surface area (TPSA) is 147 Å². The van der Waals surface area contributed by atoms with Crippen molar-refractivity contribution in [3.8, 4) is 0 Å². The van der Waals surface area contributed by atoms with Gasteiger partial charge in [-0.25, -0.2) is 17.5 Å². The van der Waals surface area contributed by atoms with Crippen LogP contribution in [-0.2, 0) is 24.4 Å². The van der Waals surface area contributed by atoms with E-state index in [1.54, 1.807) is 36.6 Å². The number of thiophene rings is 1. The predicted octanol–water partition coefficient (Wildman–Crippen LogP) is 2.42. The lowest BCUT2D eigenvalue weighted by Gasteiger charge is -2.30. The summed E-state index contributed by atoms with van der Waals surface area (Å²) in [4.78, 5) is 37.7. The van der Waals surface area contributed by atoms with E-state index < -0.39 is 39.9 Å². The van der Waals surface area contributed by atoms with Crippen molar-refractivity contribution in [2.75, 3.05) is 6.54 Å². The number of unbranched alkanes of at least 4 members (excludes halogenated alkanes) is 1. The zero-order chi connectivity index (χ0) is 24.6. The average Bonchev–Trinajstić information content (AvgIpc) is 3.30. The maximum absolute atomic E-state index is 13.4. The third-order valence-corrected chi connectivity index (χ3v) is 7.75. The largest absolute Gasteiger partial charge is 0.480 e. The fourth-order valence-electron chi connectivity index (χ4n) is 3.09. The molecule has 33 heavy (non-hydrogen) atoms. The molecule has 1 unspecified atom stereocenters. The van der Waals surface area contributed by atoms with E-state index in [1.165, 1.54) is 12.1 Å². The number of nitrogens with two attached hydrogens (primary N) is 1. The highest BCUT2D eigenvalue weighted by Gasteiger charge is 2.42. The molecule has 0 spiro atoms. The van der Waals surface area contributed by atoms with Crippen molar-refractivity contribution < 1.29 is 27.9 Å². The molecule has 0 aliphatic heterocycles. The smallest absolute Gasteiger partial charge is 0.327 e. The van der Waals surface area contributed by atoms with Crippen LogP contribution in [-0.4, -0.2) is 48.2 Å². The first kappa shape index (κ1) is 26.5. The van der Waals surface area contributed by atoms with Crippen molar-refractivity contribution in [1.82, 2.24) is 9.62 Å². The number of hydrogen-bond acceptors (Lipinski definition) is 7. The molecule has 1 heterocycles. The Balaban J connectivity index is 2.42. The molecule has 11 heteroatoms. The third-order valence-electron chi connectivity index (χ3n) is 4.98. The van der Waals surface area contributed by atoms with Crippen molar-refractivity contribution in [3.05, 3.63) is 52.2 Å². The molecule has 0 aliphatic rings. The average molecular weight is 496 g/mol. The van der Waals surface area contributed by atoms with Gasteiger partial charge in [-0.05, 0) is 43.3 Å². The van der Waals surface area contributed by atoms with Gasteiger partial charge in [-0.2, -0.15) is 0 Å². The molecule has 2 atom stereocenters. The van der Waals surface area contributed by atoms with E-state index in [9.17, 15) is 27.9 Å². The van der Waals surface area contributed by atoms with Crippen LogP contribution in [0.5, 0.6) is 0 Å². The summed E-state index contributed by atoms with van der Waals surface area (Å²) >= 11 is 1.16. The Kier molecular flexibility index (Phi) is 9.56. The van der Waals surface area contributed by atoms with E-state index in [0.717, 1.165) is 29.7 Å². The summed E-state index contributed by atoms with van der Waals surface area (Å²) < 4.78 is 27.2. The first-order valence-corrected chi connectivity index (χ1v) is 12.8. The first-order valence-electron chi connectivity index (χ1n) is 10.5. The summed E-state index contributed by atoms with van der Waals surface area (Å²) in [6, 6.07) is 5.76. The molecule has 0 saturated heterocycles. The standard InChI is InChI=1S/C22H29N3O6S2/c1-3-4-13-24-19(26)12-11-17(22(28)29)25(21(27)20(23)18-6-5-14-32-18)33(30,31)16-9-7-15(2)8-10-16/h5-10,14,17,20H,3-4,11-13,23H2,1-2H3,(H,24,26)(H,28,29)/t17-,20?/m0/s1. The summed E-state index contributed by atoms with van der Waals surface area (Å²) in [5, 5.41) is 14.2. The maximum atomic E-state index is 13.4. The molecule has 180 valence electrons. The number of nitrogens with one attached hydrogen (secondary N) is 1. The number of amides is 2. The van der Waals surface area contributed by atoms with Gasteiger partial charge in [0.05, 0.1) is 4.90 Å². The molecule has 0 aliphatic carbocycles. The number of hydrogen-bond donors (Lipinski definition) is 3. The quantitative estimate of drug-likeness (QED) is 0.383. The predicted molar refractivity (Wildman–Crippen MR) is 125 cm³/mol. The second-order valence-electron chi connectivity index (χ2n) is 7.54. The Bertz CT molecular complexity index is 1050. The molecule has 9 nitrogen and oxygen atoms in total. The molecule has 0 fully saturated rings. The molecule has 0 radical (unpaired) electrons. The van der Waals surface area contributed by atoms with E-state index >= 15 is 0 Å². The van der Waals surface area contributed by atoms with Crippen molar-refractivity contribution in [1.29, 1.82) is 0 Å². The van der Waals surface area contributed by atoms with Crippen LogP contribution in [0.4, 0.5) is 0 Å². The van der Waals surface area contributed by atoms with Crippen LogP contribution in [0.25, 0.3) is 0 Å². The minimum Gasteiger partial charge on any atom is -0.480 e. The minimum atomic E-state index is -4.57. The molecule has 4 N–H and O–H groups in total. The van der Waals surface area contributed by atoms with E-state index in [1.807, 2.05) is 6.92 Å². The second-order valence-corrected chi connectivity index (χ2v) is 10.3. The molecule has 0 bridgehead atoms. The number of carbonyl (C=O) groups is 3. The van der Waals surface area contributed by atoms with Crippen LogP contribution >= 0.6 is 11.3 Å². The Hall–Kier alpha value is -2.76. The fourth-order valence-corrected chi connectivity index (χ4v) is 5.40. The zero-order valence-electron chi connectivity index (χ0n) is 18.6. The number of rotatable bonds is 12. The number of sulfonamides is 1. The number of carboxylic acids is 1. The van der Waals surface area contributed by atoms with Crippen molar-refractivity contribution >= 4 is 39.1 Å². The SMILES string of the molecule is CCCCNC(=O)CC[C@@H](C(=O)O)N(C(=O)C(N)c1cccs1)S(=O)(=O)c1ccc(C)cc1. The van der Waals surface area contributed by atoms with Crippen LogP contribution in [0.3, 0.4) is 0 Å². The van der Waals surface area contributed by atoms with Gasteiger partial charge in [0.1, 0.15) is 12.1 Å². The highest BCUT2D eigenvalue weighted by Crippen LogP contribution is 2.27. The molecule has 1 aromatic carbocycles. The summed E-state index contributed by atoms with van der Waals surface area (Å²) in [6.07, 6.45) is 0.981. The van der Waals surface area contributed by atoms with E-state index in [-0.39, 0.29) is 17.7 Å². The van der Waals surface area contributed by atoms with Gasteiger partial charge in [0.2, 0.25) is 5.91 Å². The Labute approximate surface area is 197 Å². The number of aliphatic carboxylic acids is 1. The monoisotopic (exact) mass is 495 g/mol. The lowest BCUT2D eigenvalue weighted by atomic mass is 10.1. The van der Waals surface area contributed by atoms with E-state index in [4.69, 9.17) is 5.73 Å². The molecule has 0 saturated carbocycles. The maximum Gasteiger partial charge on any atom is 0.327 e. The van der Waals surface area contributed by atoms with Gasteiger partial charge in [-0.15, -0.1) is 11.3 Å². The number of carboxylic acid groups (broad SMARTS) is 1. The number of aryl methyl sites for hydroxylation is 1. The lowest BCUT2D eigenvalue weighted by Crippen LogP contribution is -2.51. The highest BCUT2D eigenvalue weighted by atomic mass is 32.2. The number of nitrogens with zero attached hydrogens (tertiary/aromatic N) is 1. The van der Waals surface area contributed by atoms with E-state index in [0.29, 0.717) is 15.7 Å². The number of carbonyl (C=O) groups excluding carboxylic acids is 2. The van der Waals surface area contributed by atoms with Crippen molar-refractivity contribution in [3.63, 3.8) is 0 Å². The first-order chi connectivity index (χ1) is 15.6. The van der Waals surface area contributed by atoms with Gasteiger partial charge in [0, 0.05) is 17.8 Å². The van der Waals surface area contributed by atoms with Crippen LogP contribution in [0.15, 0.2) is 46.7 Å². The molecule has 2 amide bonds. The third kappa shape index (κ3) is 6.86. The van der Waals surface area contributed by atoms with Crippen molar-refractivity contribution in [2.24, 2.45) is 5.73 Å². The summed E-state index contributed by atoms with van der Waals surface area (Å²) in [5.74, 6) is -3.03. The summed E-state index contributed by atoms with van der Waals surface area (Å²) in [5.41, 5.74) is 6.83. The lowest BCUT2D eigenvalue weighted by molar-refractivity contribution is -0.147. The van der Waals surface area contributed by atoms with Crippen LogP contribution in [0, 0.1) is 6.92 Å². The highest BCUT2D eigenvalue weighted by molar-refractivity contribution is 7.89. The van der Waals surface area contributed by atoms with Gasteiger partial charge in [-0.1, -0.05) is 37.1 Å². The van der Waals surface area contributed by atoms with Crippen LogP contribution in [0.2, 0.25) is 0 Å². The van der Waals surface area contributed by atoms with Crippen LogP contribution < -0.4 is 11.1 Å². The molecule has 2 rings (SSSR count). The normalized spacial score (nSPS) is 13.2. The molecule has 1 aromatic heterocycles. The van der Waals surface area contributed by atoms with Gasteiger partial charge < -0.3 is 16.2 Å². The Morgan fingerprint density at radius 3 is 2.39 bits per heavy atom. The molecular formula is C22H29N3O6S2. The van der Waals surface area contributed by atoms with Gasteiger partial charge in [-0.3, -0.25) is 9.59 Å². The zero-order valence-corrected chi connectivity index (χ0v) is 20.2. The van der Waals surface area contributed by atoms with E-state index in [2.05, 4.69) is 5.32 Å². The Morgan fingerprint density at radius 1 is 1.18 bits per heavy atom. The Morgan fingerprint density at radius 2 is 1.85 bits per heavy atom. The molecule has 2 aromatic rings. The van der Waals surface area contributed by atoms with Gasteiger partial charge in [0.15, 0.2) is 0 Å². The van der Waals surface area contributed by atoms with Gasteiger partial charge in [0.25, 0.3) is 15.9 Å². The summed E-state index contributed by atoms with van der Waals surface area (Å²) in [7, 11) is -4.57. The molecular weight excluding hydrogens is 466 g/mol. The van der Waals surface area contributed by atoms with Gasteiger partial charge >= 0.3 is 5.97 Å². The minimum absolute atomic E-state index is 0.238. The van der Waals surface area contributed by atoms with Crippen molar-refractivity contribution in [2.45, 2.75) is 56.5 Å². The second kappa shape index (κ2) is 11.9. The van der Waals surface area contributed by atoms with Crippen LogP contribution in [0.1, 0.15) is 49.1 Å².